The fourth-order valence-corrected chi connectivity index (χ4v) is 4.15. The van der Waals surface area contributed by atoms with Gasteiger partial charge < -0.3 is 14.8 Å². The fraction of sp³-hybridized carbons (Fsp3) is 0.273. The van der Waals surface area contributed by atoms with E-state index in [1.54, 1.807) is 17.0 Å². The van der Waals surface area contributed by atoms with Crippen molar-refractivity contribution >= 4 is 17.4 Å². The summed E-state index contributed by atoms with van der Waals surface area (Å²) in [5, 5.41) is 6.46. The van der Waals surface area contributed by atoms with Gasteiger partial charge in [0.2, 0.25) is 5.91 Å². The minimum Gasteiger partial charge on any atom is -0.340 e. The first-order valence-electron chi connectivity index (χ1n) is 9.92. The number of nitrogens with one attached hydrogen (secondary N) is 2. The molecule has 9 heteroatoms. The Balaban J connectivity index is 1.64. The molecule has 2 aromatic carbocycles. The van der Waals surface area contributed by atoms with Crippen LogP contribution in [-0.2, 0) is 11.3 Å². The van der Waals surface area contributed by atoms with E-state index < -0.39 is 23.3 Å². The number of aromatic nitrogens is 2. The number of nitrogens with zero attached hydrogens (tertiary/aromatic N) is 3. The third kappa shape index (κ3) is 3.16. The second-order valence-corrected chi connectivity index (χ2v) is 8.25. The number of carbonyl (C=O) groups excluding carboxylic acids is 1. The Hall–Kier alpha value is -3.33. The molecule has 0 aliphatic carbocycles. The van der Waals surface area contributed by atoms with Gasteiger partial charge in [0.25, 0.3) is 0 Å². The quantitative estimate of drug-likeness (QED) is 0.665. The number of carbonyl (C=O) groups is 1. The lowest BCUT2D eigenvalue weighted by Gasteiger charge is -2.30. The Kier molecular flexibility index (Phi) is 4.33. The topological polar surface area (TPSA) is 62.2 Å². The number of imidazole rings is 1. The maximum Gasteiger partial charge on any atom is 0.244 e. The summed E-state index contributed by atoms with van der Waals surface area (Å²) in [4.78, 5) is 19.3. The number of halogens is 3. The van der Waals surface area contributed by atoms with E-state index in [0.29, 0.717) is 41.7 Å². The number of rotatable bonds is 3. The first kappa shape index (κ1) is 19.6. The van der Waals surface area contributed by atoms with Crippen LogP contribution >= 0.6 is 0 Å². The Morgan fingerprint density at radius 2 is 1.81 bits per heavy atom. The minimum absolute atomic E-state index is 0.00908. The molecule has 1 aromatic heterocycles. The number of fused-ring (bicyclic) bond motifs is 3. The maximum atomic E-state index is 13.8. The van der Waals surface area contributed by atoms with Crippen molar-refractivity contribution in [2.24, 2.45) is 0 Å². The van der Waals surface area contributed by atoms with Gasteiger partial charge in [-0.2, -0.15) is 0 Å². The van der Waals surface area contributed by atoms with Gasteiger partial charge in [0.05, 0.1) is 5.54 Å². The van der Waals surface area contributed by atoms with E-state index in [2.05, 4.69) is 10.6 Å². The highest BCUT2D eigenvalue weighted by molar-refractivity contribution is 5.88. The van der Waals surface area contributed by atoms with E-state index in [0.717, 1.165) is 12.1 Å². The zero-order valence-electron chi connectivity index (χ0n) is 16.9. The zero-order valence-corrected chi connectivity index (χ0v) is 16.9. The van der Waals surface area contributed by atoms with E-state index in [1.165, 1.54) is 18.2 Å². The summed E-state index contributed by atoms with van der Waals surface area (Å²) in [7, 11) is 0. The fourth-order valence-electron chi connectivity index (χ4n) is 4.15. The Morgan fingerprint density at radius 1 is 1.06 bits per heavy atom. The molecule has 3 aromatic rings. The molecule has 1 amide bonds. The van der Waals surface area contributed by atoms with E-state index in [9.17, 15) is 18.0 Å². The molecule has 31 heavy (non-hydrogen) atoms. The molecule has 6 nitrogen and oxygen atoms in total. The first-order valence-corrected chi connectivity index (χ1v) is 9.92. The van der Waals surface area contributed by atoms with Gasteiger partial charge >= 0.3 is 0 Å². The number of amides is 1. The lowest BCUT2D eigenvalue weighted by Crippen LogP contribution is -2.40. The van der Waals surface area contributed by atoms with Gasteiger partial charge in [0, 0.05) is 30.4 Å². The Labute approximate surface area is 176 Å². The van der Waals surface area contributed by atoms with Crippen LogP contribution in [0.25, 0.3) is 11.3 Å². The van der Waals surface area contributed by atoms with Crippen LogP contribution in [0.15, 0.2) is 42.5 Å². The van der Waals surface area contributed by atoms with Crippen molar-refractivity contribution in [3.8, 4) is 11.3 Å². The Bertz CT molecular complexity index is 1190. The molecule has 3 heterocycles. The summed E-state index contributed by atoms with van der Waals surface area (Å²) in [5.41, 5.74) is 0.808. The molecule has 1 fully saturated rings. The van der Waals surface area contributed by atoms with Crippen molar-refractivity contribution in [2.45, 2.75) is 32.1 Å². The second kappa shape index (κ2) is 6.84. The standard InChI is InChI=1S/C22H20F3N5O/c1-22(2)21(31)30-10-9-29-18(26-14-7-8-15(24)16(25)11-14)17(27-19(29)20(30)28-22)12-3-5-13(23)6-4-12/h3-8,11,20,26,28H,9-10H2,1-2H3. The molecule has 0 bridgehead atoms. The van der Waals surface area contributed by atoms with Crippen molar-refractivity contribution < 1.29 is 18.0 Å². The van der Waals surface area contributed by atoms with Crippen LogP contribution in [0, 0.1) is 17.5 Å². The lowest BCUT2D eigenvalue weighted by atomic mass is 10.1. The van der Waals surface area contributed by atoms with Crippen LogP contribution in [0.2, 0.25) is 0 Å². The highest BCUT2D eigenvalue weighted by Crippen LogP contribution is 2.39. The van der Waals surface area contributed by atoms with Crippen LogP contribution in [0.3, 0.4) is 0 Å². The molecular formula is C22H20F3N5O. The van der Waals surface area contributed by atoms with Gasteiger partial charge in [0.15, 0.2) is 11.6 Å². The molecule has 5 rings (SSSR count). The highest BCUT2D eigenvalue weighted by atomic mass is 19.2. The van der Waals surface area contributed by atoms with Gasteiger partial charge in [-0.1, -0.05) is 0 Å². The number of hydrogen-bond donors (Lipinski definition) is 2. The third-order valence-electron chi connectivity index (χ3n) is 5.71. The van der Waals surface area contributed by atoms with Gasteiger partial charge in [0.1, 0.15) is 29.3 Å². The first-order chi connectivity index (χ1) is 14.7. The predicted molar refractivity (Wildman–Crippen MR) is 109 cm³/mol. The normalized spacial score (nSPS) is 19.3. The number of benzene rings is 2. The summed E-state index contributed by atoms with van der Waals surface area (Å²) < 4.78 is 42.6. The van der Waals surface area contributed by atoms with Crippen molar-refractivity contribution in [3.63, 3.8) is 0 Å². The molecule has 1 atom stereocenters. The molecular weight excluding hydrogens is 407 g/mol. The summed E-state index contributed by atoms with van der Waals surface area (Å²) in [5.74, 6) is -1.11. The van der Waals surface area contributed by atoms with Gasteiger partial charge in [-0.15, -0.1) is 0 Å². The smallest absolute Gasteiger partial charge is 0.244 e. The van der Waals surface area contributed by atoms with Crippen LogP contribution in [0.4, 0.5) is 24.7 Å². The van der Waals surface area contributed by atoms with Crippen LogP contribution in [-0.4, -0.2) is 32.4 Å². The Morgan fingerprint density at radius 3 is 2.52 bits per heavy atom. The summed E-state index contributed by atoms with van der Waals surface area (Å²) in [6, 6.07) is 9.43. The third-order valence-corrected chi connectivity index (χ3v) is 5.71. The molecule has 2 aliphatic heterocycles. The molecule has 160 valence electrons. The molecule has 2 aliphatic rings. The van der Waals surface area contributed by atoms with Gasteiger partial charge in [-0.25, -0.2) is 18.2 Å². The van der Waals surface area contributed by atoms with Crippen LogP contribution < -0.4 is 10.6 Å². The molecule has 0 saturated carbocycles. The summed E-state index contributed by atoms with van der Waals surface area (Å²) in [6.45, 7) is 4.58. The summed E-state index contributed by atoms with van der Waals surface area (Å²) in [6.07, 6.45) is -0.420. The second-order valence-electron chi connectivity index (χ2n) is 8.25. The summed E-state index contributed by atoms with van der Waals surface area (Å²) >= 11 is 0. The average Bonchev–Trinajstić information content (AvgIpc) is 3.20. The molecule has 0 radical (unpaired) electrons. The monoisotopic (exact) mass is 427 g/mol. The SMILES string of the molecule is CC1(C)NC2c3nc(-c4ccc(F)cc4)c(Nc4ccc(F)c(F)c4)n3CCN2C1=O. The van der Waals surface area contributed by atoms with E-state index >= 15 is 0 Å². The van der Waals surface area contributed by atoms with Gasteiger partial charge in [-0.05, 0) is 50.2 Å². The van der Waals surface area contributed by atoms with E-state index in [4.69, 9.17) is 4.98 Å². The average molecular weight is 427 g/mol. The molecule has 1 unspecified atom stereocenters. The number of hydrogen-bond acceptors (Lipinski definition) is 4. The van der Waals surface area contributed by atoms with Gasteiger partial charge in [-0.3, -0.25) is 10.1 Å². The zero-order chi connectivity index (χ0) is 21.9. The molecule has 0 spiro atoms. The predicted octanol–water partition coefficient (Wildman–Crippen LogP) is 3.93. The lowest BCUT2D eigenvalue weighted by molar-refractivity contribution is -0.133. The van der Waals surface area contributed by atoms with Crippen LogP contribution in [0.1, 0.15) is 25.8 Å². The van der Waals surface area contributed by atoms with Crippen molar-refractivity contribution in [2.75, 3.05) is 11.9 Å². The van der Waals surface area contributed by atoms with Crippen LogP contribution in [0.5, 0.6) is 0 Å². The largest absolute Gasteiger partial charge is 0.340 e. The number of anilines is 2. The van der Waals surface area contributed by atoms with Crippen molar-refractivity contribution in [1.82, 2.24) is 19.8 Å². The molecule has 2 N–H and O–H groups in total. The van der Waals surface area contributed by atoms with Crippen molar-refractivity contribution in [1.29, 1.82) is 0 Å². The van der Waals surface area contributed by atoms with E-state index in [-0.39, 0.29) is 11.7 Å². The van der Waals surface area contributed by atoms with Crippen molar-refractivity contribution in [3.05, 3.63) is 65.7 Å². The molecule has 1 saturated heterocycles. The minimum atomic E-state index is -0.970. The van der Waals surface area contributed by atoms with E-state index in [1.807, 2.05) is 18.4 Å². The maximum absolute atomic E-state index is 13.8. The highest BCUT2D eigenvalue weighted by Gasteiger charge is 2.49.